The highest BCUT2D eigenvalue weighted by molar-refractivity contribution is 5.20. The summed E-state index contributed by atoms with van der Waals surface area (Å²) >= 11 is 0. The molecule has 1 aromatic heterocycles. The Bertz CT molecular complexity index is 306. The molecule has 0 aromatic carbocycles. The second kappa shape index (κ2) is 5.57. The molecule has 3 nitrogen and oxygen atoms in total. The molecule has 0 unspecified atom stereocenters. The van der Waals surface area contributed by atoms with E-state index in [9.17, 15) is 0 Å². The molecule has 0 aliphatic heterocycles. The summed E-state index contributed by atoms with van der Waals surface area (Å²) < 4.78 is 0. The normalized spacial score (nSPS) is 11.3. The SMILES string of the molecule is CC(C)(CNCCCC#N)c1cc[nH]c1. The van der Waals surface area contributed by atoms with Gasteiger partial charge in [0, 0.05) is 30.8 Å². The van der Waals surface area contributed by atoms with Crippen LogP contribution in [0.4, 0.5) is 0 Å². The Kier molecular flexibility index (Phi) is 4.38. The second-order valence-corrected chi connectivity index (χ2v) is 4.42. The maximum absolute atomic E-state index is 8.39. The summed E-state index contributed by atoms with van der Waals surface area (Å²) in [5, 5.41) is 11.8. The summed E-state index contributed by atoms with van der Waals surface area (Å²) in [4.78, 5) is 3.08. The number of aromatic amines is 1. The molecule has 82 valence electrons. The fraction of sp³-hybridized carbons (Fsp3) is 0.583. The van der Waals surface area contributed by atoms with Crippen molar-refractivity contribution in [3.05, 3.63) is 24.0 Å². The number of unbranched alkanes of at least 4 members (excludes halogenated alkanes) is 1. The van der Waals surface area contributed by atoms with E-state index in [2.05, 4.69) is 36.3 Å². The molecule has 0 atom stereocenters. The Morgan fingerprint density at radius 3 is 2.93 bits per heavy atom. The highest BCUT2D eigenvalue weighted by atomic mass is 14.9. The fourth-order valence-electron chi connectivity index (χ4n) is 1.54. The number of aromatic nitrogens is 1. The highest BCUT2D eigenvalue weighted by Crippen LogP contribution is 2.21. The molecule has 0 amide bonds. The first-order chi connectivity index (χ1) is 7.17. The first-order valence-electron chi connectivity index (χ1n) is 5.38. The molecule has 0 bridgehead atoms. The topological polar surface area (TPSA) is 51.6 Å². The van der Waals surface area contributed by atoms with Crippen LogP contribution in [0.5, 0.6) is 0 Å². The minimum absolute atomic E-state index is 0.145. The molecular formula is C12H19N3. The predicted octanol–water partition coefficient (Wildman–Crippen LogP) is 2.19. The zero-order valence-electron chi connectivity index (χ0n) is 9.51. The Labute approximate surface area is 91.5 Å². The molecule has 2 N–H and O–H groups in total. The van der Waals surface area contributed by atoms with E-state index < -0.39 is 0 Å². The van der Waals surface area contributed by atoms with E-state index >= 15 is 0 Å². The summed E-state index contributed by atoms with van der Waals surface area (Å²) in [7, 11) is 0. The number of H-pyrrole nitrogens is 1. The highest BCUT2D eigenvalue weighted by Gasteiger charge is 2.19. The van der Waals surface area contributed by atoms with E-state index in [0.29, 0.717) is 6.42 Å². The maximum Gasteiger partial charge on any atom is 0.0622 e. The maximum atomic E-state index is 8.39. The van der Waals surface area contributed by atoms with Gasteiger partial charge in [0.05, 0.1) is 6.07 Å². The molecule has 0 fully saturated rings. The van der Waals surface area contributed by atoms with Crippen molar-refractivity contribution in [1.29, 1.82) is 5.26 Å². The van der Waals surface area contributed by atoms with E-state index in [0.717, 1.165) is 19.5 Å². The average molecular weight is 205 g/mol. The third kappa shape index (κ3) is 3.77. The summed E-state index contributed by atoms with van der Waals surface area (Å²) in [6, 6.07) is 4.26. The van der Waals surface area contributed by atoms with Crippen molar-refractivity contribution in [2.75, 3.05) is 13.1 Å². The molecule has 1 aromatic rings. The van der Waals surface area contributed by atoms with Crippen molar-refractivity contribution in [2.24, 2.45) is 0 Å². The summed E-state index contributed by atoms with van der Waals surface area (Å²) in [6.45, 7) is 6.29. The lowest BCUT2D eigenvalue weighted by molar-refractivity contribution is 0.467. The van der Waals surface area contributed by atoms with Crippen molar-refractivity contribution in [3.8, 4) is 6.07 Å². The Morgan fingerprint density at radius 1 is 1.53 bits per heavy atom. The summed E-state index contributed by atoms with van der Waals surface area (Å²) in [5.41, 5.74) is 1.46. The van der Waals surface area contributed by atoms with Crippen LogP contribution in [-0.2, 0) is 5.41 Å². The van der Waals surface area contributed by atoms with E-state index in [1.165, 1.54) is 5.56 Å². The lowest BCUT2D eigenvalue weighted by Crippen LogP contribution is -2.33. The van der Waals surface area contributed by atoms with Crippen LogP contribution in [0.25, 0.3) is 0 Å². The smallest absolute Gasteiger partial charge is 0.0622 e. The van der Waals surface area contributed by atoms with Gasteiger partial charge in [-0.1, -0.05) is 13.8 Å². The van der Waals surface area contributed by atoms with Gasteiger partial charge in [-0.15, -0.1) is 0 Å². The van der Waals surface area contributed by atoms with Crippen molar-refractivity contribution >= 4 is 0 Å². The van der Waals surface area contributed by atoms with Crippen LogP contribution in [0.15, 0.2) is 18.5 Å². The quantitative estimate of drug-likeness (QED) is 0.699. The minimum atomic E-state index is 0.145. The van der Waals surface area contributed by atoms with Crippen molar-refractivity contribution in [3.63, 3.8) is 0 Å². The second-order valence-electron chi connectivity index (χ2n) is 4.42. The molecule has 0 aliphatic carbocycles. The van der Waals surface area contributed by atoms with Crippen LogP contribution in [0.1, 0.15) is 32.3 Å². The third-order valence-electron chi connectivity index (χ3n) is 2.59. The van der Waals surface area contributed by atoms with Gasteiger partial charge >= 0.3 is 0 Å². The van der Waals surface area contributed by atoms with Crippen LogP contribution in [0, 0.1) is 11.3 Å². The lowest BCUT2D eigenvalue weighted by atomic mass is 9.86. The predicted molar refractivity (Wildman–Crippen MR) is 61.5 cm³/mol. The van der Waals surface area contributed by atoms with Gasteiger partial charge in [0.2, 0.25) is 0 Å². The van der Waals surface area contributed by atoms with Crippen LogP contribution in [-0.4, -0.2) is 18.1 Å². The van der Waals surface area contributed by atoms with Crippen molar-refractivity contribution < 1.29 is 0 Å². The van der Waals surface area contributed by atoms with Crippen LogP contribution < -0.4 is 5.32 Å². The zero-order valence-corrected chi connectivity index (χ0v) is 9.51. The number of nitrogens with one attached hydrogen (secondary N) is 2. The monoisotopic (exact) mass is 205 g/mol. The Morgan fingerprint density at radius 2 is 2.33 bits per heavy atom. The van der Waals surface area contributed by atoms with E-state index in [1.807, 2.05) is 12.4 Å². The fourth-order valence-corrected chi connectivity index (χ4v) is 1.54. The van der Waals surface area contributed by atoms with Gasteiger partial charge in [0.1, 0.15) is 0 Å². The lowest BCUT2D eigenvalue weighted by Gasteiger charge is -2.24. The molecule has 0 aliphatic rings. The third-order valence-corrected chi connectivity index (χ3v) is 2.59. The molecule has 1 heterocycles. The summed E-state index contributed by atoms with van der Waals surface area (Å²) in [6.07, 6.45) is 5.56. The van der Waals surface area contributed by atoms with Crippen molar-refractivity contribution in [2.45, 2.75) is 32.1 Å². The van der Waals surface area contributed by atoms with Gasteiger partial charge in [-0.2, -0.15) is 5.26 Å². The van der Waals surface area contributed by atoms with Crippen molar-refractivity contribution in [1.82, 2.24) is 10.3 Å². The molecule has 0 radical (unpaired) electrons. The molecule has 0 saturated heterocycles. The van der Waals surface area contributed by atoms with Gasteiger partial charge in [0.25, 0.3) is 0 Å². The van der Waals surface area contributed by atoms with Gasteiger partial charge in [-0.3, -0.25) is 0 Å². The molecule has 0 saturated carbocycles. The average Bonchev–Trinajstić information content (AvgIpc) is 2.70. The van der Waals surface area contributed by atoms with E-state index in [4.69, 9.17) is 5.26 Å². The largest absolute Gasteiger partial charge is 0.367 e. The van der Waals surface area contributed by atoms with Gasteiger partial charge in [0.15, 0.2) is 0 Å². The van der Waals surface area contributed by atoms with Gasteiger partial charge in [-0.05, 0) is 24.6 Å². The number of hydrogen-bond donors (Lipinski definition) is 2. The van der Waals surface area contributed by atoms with Gasteiger partial charge < -0.3 is 10.3 Å². The number of hydrogen-bond acceptors (Lipinski definition) is 2. The van der Waals surface area contributed by atoms with E-state index in [-0.39, 0.29) is 5.41 Å². The number of rotatable bonds is 6. The van der Waals surface area contributed by atoms with Crippen LogP contribution >= 0.6 is 0 Å². The molecule has 3 heteroatoms. The molecule has 15 heavy (non-hydrogen) atoms. The number of nitriles is 1. The summed E-state index contributed by atoms with van der Waals surface area (Å²) in [5.74, 6) is 0. The van der Waals surface area contributed by atoms with Gasteiger partial charge in [-0.25, -0.2) is 0 Å². The zero-order chi connectivity index (χ0) is 11.1. The number of nitrogens with zero attached hydrogens (tertiary/aromatic N) is 1. The van der Waals surface area contributed by atoms with Crippen LogP contribution in [0.3, 0.4) is 0 Å². The molecular weight excluding hydrogens is 186 g/mol. The Balaban J connectivity index is 2.29. The minimum Gasteiger partial charge on any atom is -0.367 e. The first kappa shape index (κ1) is 11.8. The standard InChI is InChI=1S/C12H19N3/c1-12(2,11-5-8-14-9-11)10-15-7-4-3-6-13/h5,8-9,14-15H,3-4,7,10H2,1-2H3. The first-order valence-corrected chi connectivity index (χ1v) is 5.38. The molecule has 0 spiro atoms. The van der Waals surface area contributed by atoms with E-state index in [1.54, 1.807) is 0 Å². The van der Waals surface area contributed by atoms with Crippen LogP contribution in [0.2, 0.25) is 0 Å². The Hall–Kier alpha value is -1.27. The molecule has 1 rings (SSSR count).